The number of hydrogen-bond acceptors (Lipinski definition) is 2. The summed E-state index contributed by atoms with van der Waals surface area (Å²) in [5, 5.41) is 4.35. The molecule has 18 heavy (non-hydrogen) atoms. The van der Waals surface area contributed by atoms with E-state index in [1.165, 1.54) is 0 Å². The van der Waals surface area contributed by atoms with Crippen LogP contribution in [0.25, 0.3) is 0 Å². The summed E-state index contributed by atoms with van der Waals surface area (Å²) in [6, 6.07) is 9.42. The molecule has 0 unspecified atom stereocenters. The third-order valence-corrected chi connectivity index (χ3v) is 3.32. The van der Waals surface area contributed by atoms with Gasteiger partial charge in [0.15, 0.2) is 5.78 Å². The number of aromatic nitrogens is 2. The Labute approximate surface area is 115 Å². The first kappa shape index (κ1) is 13.0. The third kappa shape index (κ3) is 2.88. The number of hydrogen-bond donors (Lipinski definition) is 0. The summed E-state index contributed by atoms with van der Waals surface area (Å²) in [6.07, 6.45) is 0.399. The van der Waals surface area contributed by atoms with Crippen molar-refractivity contribution in [2.24, 2.45) is 0 Å². The Morgan fingerprint density at radius 1 is 1.33 bits per heavy atom. The average Bonchev–Trinajstić information content (AvgIpc) is 2.70. The number of Topliss-reactive ketones (excluding diaryl/α,β-unsaturated/α-hetero) is 1. The molecular formula is C14H15BrN2O. The van der Waals surface area contributed by atoms with E-state index in [-0.39, 0.29) is 5.78 Å². The third-order valence-electron chi connectivity index (χ3n) is 2.79. The summed E-state index contributed by atoms with van der Waals surface area (Å²) in [5.74, 6) is 0.122. The second-order valence-corrected chi connectivity index (χ2v) is 5.12. The molecule has 1 heterocycles. The lowest BCUT2D eigenvalue weighted by molar-refractivity contribution is 0.0990. The van der Waals surface area contributed by atoms with Gasteiger partial charge < -0.3 is 0 Å². The van der Waals surface area contributed by atoms with Gasteiger partial charge in [0.25, 0.3) is 0 Å². The highest BCUT2D eigenvalue weighted by molar-refractivity contribution is 9.10. The van der Waals surface area contributed by atoms with Crippen LogP contribution in [0.4, 0.5) is 0 Å². The number of nitrogens with zero attached hydrogens (tertiary/aromatic N) is 2. The van der Waals surface area contributed by atoms with Gasteiger partial charge in [0.05, 0.1) is 12.1 Å². The Kier molecular flexibility index (Phi) is 3.97. The molecule has 0 aliphatic rings. The van der Waals surface area contributed by atoms with Crippen molar-refractivity contribution in [2.45, 2.75) is 26.8 Å². The van der Waals surface area contributed by atoms with Crippen LogP contribution in [0, 0.1) is 6.92 Å². The highest BCUT2D eigenvalue weighted by Gasteiger charge is 2.11. The number of carbonyl (C=O) groups excluding carboxylic acids is 1. The molecular weight excluding hydrogens is 292 g/mol. The van der Waals surface area contributed by atoms with E-state index in [0.717, 1.165) is 28.0 Å². The largest absolute Gasteiger partial charge is 0.294 e. The van der Waals surface area contributed by atoms with E-state index in [0.29, 0.717) is 6.42 Å². The van der Waals surface area contributed by atoms with E-state index in [1.807, 2.05) is 48.9 Å². The van der Waals surface area contributed by atoms with Crippen LogP contribution in [0.1, 0.15) is 28.7 Å². The molecule has 0 aliphatic heterocycles. The quantitative estimate of drug-likeness (QED) is 0.812. The lowest BCUT2D eigenvalue weighted by Gasteiger charge is -2.04. The zero-order valence-corrected chi connectivity index (χ0v) is 12.1. The number of halogens is 1. The predicted octanol–water partition coefficient (Wildman–Crippen LogP) is 3.40. The van der Waals surface area contributed by atoms with Crippen molar-refractivity contribution in [3.63, 3.8) is 0 Å². The SMILES string of the molecule is CCn1nc(C)cc1CC(=O)c1ccc(Br)cc1. The van der Waals surface area contributed by atoms with Crippen molar-refractivity contribution in [1.29, 1.82) is 0 Å². The van der Waals surface area contributed by atoms with Gasteiger partial charge in [-0.2, -0.15) is 5.10 Å². The van der Waals surface area contributed by atoms with Crippen LogP contribution < -0.4 is 0 Å². The van der Waals surface area contributed by atoms with Gasteiger partial charge in [-0.1, -0.05) is 28.1 Å². The minimum atomic E-state index is 0.122. The van der Waals surface area contributed by atoms with Crippen LogP contribution in [-0.4, -0.2) is 15.6 Å². The Morgan fingerprint density at radius 2 is 2.00 bits per heavy atom. The normalized spacial score (nSPS) is 10.6. The summed E-state index contributed by atoms with van der Waals surface area (Å²) in [4.78, 5) is 12.1. The number of carbonyl (C=O) groups is 1. The van der Waals surface area contributed by atoms with Gasteiger partial charge in [0.2, 0.25) is 0 Å². The molecule has 3 nitrogen and oxygen atoms in total. The molecule has 1 aromatic carbocycles. The van der Waals surface area contributed by atoms with Crippen LogP contribution in [0.3, 0.4) is 0 Å². The summed E-state index contributed by atoms with van der Waals surface area (Å²) in [6.45, 7) is 4.76. The Balaban J connectivity index is 2.18. The van der Waals surface area contributed by atoms with Crippen LogP contribution in [0.15, 0.2) is 34.8 Å². The molecule has 1 aromatic heterocycles. The Morgan fingerprint density at radius 3 is 2.61 bits per heavy atom. The summed E-state index contributed by atoms with van der Waals surface area (Å²) >= 11 is 3.36. The van der Waals surface area contributed by atoms with Gasteiger partial charge in [0, 0.05) is 22.3 Å². The van der Waals surface area contributed by atoms with Crippen molar-refractivity contribution in [3.05, 3.63) is 51.8 Å². The fraction of sp³-hybridized carbons (Fsp3) is 0.286. The average molecular weight is 307 g/mol. The van der Waals surface area contributed by atoms with Crippen molar-refractivity contribution in [3.8, 4) is 0 Å². The molecule has 4 heteroatoms. The smallest absolute Gasteiger partial charge is 0.168 e. The standard InChI is InChI=1S/C14H15BrN2O/c1-3-17-13(8-10(2)16-17)9-14(18)11-4-6-12(15)7-5-11/h4-8H,3,9H2,1-2H3. The Hall–Kier alpha value is -1.42. The first-order chi connectivity index (χ1) is 8.60. The zero-order chi connectivity index (χ0) is 13.1. The summed E-state index contributed by atoms with van der Waals surface area (Å²) < 4.78 is 2.86. The molecule has 0 amide bonds. The summed E-state index contributed by atoms with van der Waals surface area (Å²) in [7, 11) is 0. The molecule has 0 saturated heterocycles. The minimum Gasteiger partial charge on any atom is -0.294 e. The molecule has 0 saturated carbocycles. The second kappa shape index (κ2) is 5.48. The van der Waals surface area contributed by atoms with Gasteiger partial charge in [-0.15, -0.1) is 0 Å². The van der Waals surface area contributed by atoms with Crippen molar-refractivity contribution in [2.75, 3.05) is 0 Å². The van der Waals surface area contributed by atoms with Gasteiger partial charge in [0.1, 0.15) is 0 Å². The van der Waals surface area contributed by atoms with Crippen LogP contribution in [0.5, 0.6) is 0 Å². The van der Waals surface area contributed by atoms with Crippen molar-refractivity contribution >= 4 is 21.7 Å². The Bertz CT molecular complexity index is 558. The lowest BCUT2D eigenvalue weighted by atomic mass is 10.1. The molecule has 0 aliphatic carbocycles. The topological polar surface area (TPSA) is 34.9 Å². The molecule has 0 radical (unpaired) electrons. The van der Waals surface area contributed by atoms with Gasteiger partial charge in [-0.3, -0.25) is 9.48 Å². The van der Waals surface area contributed by atoms with Gasteiger partial charge in [-0.05, 0) is 32.0 Å². The first-order valence-electron chi connectivity index (χ1n) is 5.92. The molecule has 0 bridgehead atoms. The molecule has 0 atom stereocenters. The second-order valence-electron chi connectivity index (χ2n) is 4.20. The zero-order valence-electron chi connectivity index (χ0n) is 10.5. The lowest BCUT2D eigenvalue weighted by Crippen LogP contribution is -2.09. The molecule has 94 valence electrons. The highest BCUT2D eigenvalue weighted by Crippen LogP contribution is 2.13. The number of aryl methyl sites for hydroxylation is 2. The monoisotopic (exact) mass is 306 g/mol. The van der Waals surface area contributed by atoms with Crippen LogP contribution in [-0.2, 0) is 13.0 Å². The maximum Gasteiger partial charge on any atom is 0.168 e. The fourth-order valence-corrected chi connectivity index (χ4v) is 2.18. The maximum atomic E-state index is 12.1. The van der Waals surface area contributed by atoms with Gasteiger partial charge in [-0.25, -0.2) is 0 Å². The van der Waals surface area contributed by atoms with Crippen molar-refractivity contribution < 1.29 is 4.79 Å². The van der Waals surface area contributed by atoms with E-state index < -0.39 is 0 Å². The first-order valence-corrected chi connectivity index (χ1v) is 6.71. The number of ketones is 1. The van der Waals surface area contributed by atoms with Crippen LogP contribution in [0.2, 0.25) is 0 Å². The molecule has 0 spiro atoms. The van der Waals surface area contributed by atoms with Gasteiger partial charge >= 0.3 is 0 Å². The molecule has 0 N–H and O–H groups in total. The minimum absolute atomic E-state index is 0.122. The van der Waals surface area contributed by atoms with Crippen molar-refractivity contribution in [1.82, 2.24) is 9.78 Å². The van der Waals surface area contributed by atoms with Crippen LogP contribution >= 0.6 is 15.9 Å². The fourth-order valence-electron chi connectivity index (χ4n) is 1.92. The van der Waals surface area contributed by atoms with E-state index in [2.05, 4.69) is 21.0 Å². The summed E-state index contributed by atoms with van der Waals surface area (Å²) in [5.41, 5.74) is 2.66. The predicted molar refractivity (Wildman–Crippen MR) is 74.8 cm³/mol. The number of benzene rings is 1. The van der Waals surface area contributed by atoms with E-state index in [1.54, 1.807) is 0 Å². The molecule has 2 aromatic rings. The molecule has 2 rings (SSSR count). The van der Waals surface area contributed by atoms with E-state index in [4.69, 9.17) is 0 Å². The van der Waals surface area contributed by atoms with E-state index in [9.17, 15) is 4.79 Å². The highest BCUT2D eigenvalue weighted by atomic mass is 79.9. The number of rotatable bonds is 4. The van der Waals surface area contributed by atoms with E-state index >= 15 is 0 Å². The molecule has 0 fully saturated rings. The maximum absolute atomic E-state index is 12.1.